The zero-order chi connectivity index (χ0) is 25.3. The summed E-state index contributed by atoms with van der Waals surface area (Å²) in [6, 6.07) is 10.7. The average Bonchev–Trinajstić information content (AvgIpc) is 2.75. The molecule has 3 rings (SSSR count). The predicted molar refractivity (Wildman–Crippen MR) is 133 cm³/mol. The molecule has 1 saturated heterocycles. The summed E-state index contributed by atoms with van der Waals surface area (Å²) in [7, 11) is -1.82. The molecule has 3 amide bonds. The molecule has 0 spiro atoms. The fraction of sp³-hybridized carbons (Fsp3) is 0.333. The summed E-state index contributed by atoms with van der Waals surface area (Å²) in [5, 5.41) is 2.37. The smallest absolute Gasteiger partial charge is 0.328 e. The molecule has 9 nitrogen and oxygen atoms in total. The van der Waals surface area contributed by atoms with E-state index in [1.165, 1.54) is 0 Å². The largest absolute Gasteiger partial charge is 0.496 e. The van der Waals surface area contributed by atoms with E-state index in [-0.39, 0.29) is 24.3 Å². The van der Waals surface area contributed by atoms with Gasteiger partial charge in [-0.05, 0) is 28.7 Å². The first kappa shape index (κ1) is 25.3. The molecule has 0 atom stereocenters. The van der Waals surface area contributed by atoms with Gasteiger partial charge in [-0.2, -0.15) is 0 Å². The minimum atomic E-state index is -3.43. The Balaban J connectivity index is 2.05. The maximum atomic E-state index is 12.5. The highest BCUT2D eigenvalue weighted by atomic mass is 32.2. The molecule has 34 heavy (non-hydrogen) atoms. The van der Waals surface area contributed by atoms with Crippen LogP contribution in [0.25, 0.3) is 16.8 Å². The molecular weight excluding hydrogens is 456 g/mol. The van der Waals surface area contributed by atoms with E-state index in [1.807, 2.05) is 36.4 Å². The summed E-state index contributed by atoms with van der Waals surface area (Å²) in [6.45, 7) is 10.3. The van der Waals surface area contributed by atoms with Crippen molar-refractivity contribution in [3.8, 4) is 16.9 Å². The van der Waals surface area contributed by atoms with Gasteiger partial charge in [-0.25, -0.2) is 13.2 Å². The number of urea groups is 1. The number of anilines is 1. The van der Waals surface area contributed by atoms with Crippen molar-refractivity contribution in [2.24, 2.45) is 0 Å². The van der Waals surface area contributed by atoms with Crippen LogP contribution in [0.15, 0.2) is 43.0 Å². The maximum Gasteiger partial charge on any atom is 0.328 e. The Hall–Kier alpha value is -3.37. The number of carbonyl (C=O) groups excluding carboxylic acids is 2. The van der Waals surface area contributed by atoms with Gasteiger partial charge in [0.25, 0.3) is 0 Å². The van der Waals surface area contributed by atoms with E-state index in [0.29, 0.717) is 22.7 Å². The van der Waals surface area contributed by atoms with Gasteiger partial charge >= 0.3 is 6.03 Å². The molecule has 1 aliphatic rings. The zero-order valence-corrected chi connectivity index (χ0v) is 20.8. The highest BCUT2D eigenvalue weighted by Gasteiger charge is 2.29. The third-order valence-electron chi connectivity index (χ3n) is 5.38. The predicted octanol–water partition coefficient (Wildman–Crippen LogP) is 3.13. The van der Waals surface area contributed by atoms with Crippen LogP contribution in [0.5, 0.6) is 5.75 Å². The highest BCUT2D eigenvalue weighted by molar-refractivity contribution is 7.88. The monoisotopic (exact) mass is 486 g/mol. The van der Waals surface area contributed by atoms with E-state index >= 15 is 0 Å². The SMILES string of the molecule is C=C(NNS(C)(=O)=O)c1ccc(-c2cc(N3CCC(=O)NC3=O)cc(C(C)(C)C)c2OC)cc1. The van der Waals surface area contributed by atoms with Crippen molar-refractivity contribution >= 4 is 33.3 Å². The second-order valence-electron chi connectivity index (χ2n) is 9.13. The van der Waals surface area contributed by atoms with Gasteiger partial charge in [-0.15, -0.1) is 4.83 Å². The minimum absolute atomic E-state index is 0.225. The Kier molecular flexibility index (Phi) is 7.04. The lowest BCUT2D eigenvalue weighted by Crippen LogP contribution is -2.49. The number of rotatable bonds is 7. The highest BCUT2D eigenvalue weighted by Crippen LogP contribution is 2.42. The molecule has 0 saturated carbocycles. The fourth-order valence-corrected chi connectivity index (χ4v) is 3.96. The molecule has 3 N–H and O–H groups in total. The summed E-state index contributed by atoms with van der Waals surface area (Å²) >= 11 is 0. The van der Waals surface area contributed by atoms with E-state index in [0.717, 1.165) is 22.9 Å². The number of hydrazine groups is 1. The molecule has 1 aliphatic heterocycles. The first-order valence-corrected chi connectivity index (χ1v) is 12.6. The molecule has 1 fully saturated rings. The van der Waals surface area contributed by atoms with E-state index < -0.39 is 16.1 Å². The Morgan fingerprint density at radius 3 is 2.32 bits per heavy atom. The first-order valence-electron chi connectivity index (χ1n) is 10.7. The van der Waals surface area contributed by atoms with Crippen LogP contribution < -0.4 is 25.2 Å². The lowest BCUT2D eigenvalue weighted by atomic mass is 9.83. The van der Waals surface area contributed by atoms with E-state index in [9.17, 15) is 18.0 Å². The molecule has 10 heteroatoms. The number of sulfonamides is 1. The van der Waals surface area contributed by atoms with Gasteiger partial charge in [0.2, 0.25) is 15.9 Å². The summed E-state index contributed by atoms with van der Waals surface area (Å²) in [6.07, 6.45) is 1.27. The third-order valence-corrected chi connectivity index (χ3v) is 5.86. The molecule has 0 aliphatic carbocycles. The van der Waals surface area contributed by atoms with Crippen molar-refractivity contribution in [1.82, 2.24) is 15.6 Å². The molecular formula is C24H30N4O5S. The zero-order valence-electron chi connectivity index (χ0n) is 20.0. The van der Waals surface area contributed by atoms with Crippen molar-refractivity contribution in [3.63, 3.8) is 0 Å². The summed E-state index contributed by atoms with van der Waals surface area (Å²) < 4.78 is 28.4. The van der Waals surface area contributed by atoms with Crippen molar-refractivity contribution < 1.29 is 22.7 Å². The first-order chi connectivity index (χ1) is 15.8. The molecule has 0 radical (unpaired) electrons. The number of carbonyl (C=O) groups is 2. The topological polar surface area (TPSA) is 117 Å². The number of methoxy groups -OCH3 is 1. The van der Waals surface area contributed by atoms with Gasteiger partial charge in [0, 0.05) is 35.5 Å². The standard InChI is InChI=1S/C24H30N4O5S/c1-15(26-27-34(6,31)32)16-7-9-17(10-8-16)19-13-18(28-12-11-21(29)25-23(28)30)14-20(22(19)33-5)24(2,3)4/h7-10,13-14,26-27H,1,11-12H2,2-6H3,(H,25,29,30). The van der Waals surface area contributed by atoms with Gasteiger partial charge in [-0.1, -0.05) is 51.6 Å². The number of amides is 3. The average molecular weight is 487 g/mol. The summed E-state index contributed by atoms with van der Waals surface area (Å²) in [5.74, 6) is 0.397. The quantitative estimate of drug-likeness (QED) is 0.518. The van der Waals surface area contributed by atoms with Crippen LogP contribution in [0.2, 0.25) is 0 Å². The Morgan fingerprint density at radius 1 is 1.15 bits per heavy atom. The number of ether oxygens (including phenoxy) is 1. The number of imide groups is 1. The molecule has 1 heterocycles. The van der Waals surface area contributed by atoms with Crippen molar-refractivity contribution in [1.29, 1.82) is 0 Å². The maximum absolute atomic E-state index is 12.5. The third kappa shape index (κ3) is 5.75. The van der Waals surface area contributed by atoms with Crippen LogP contribution in [0.1, 0.15) is 38.3 Å². The van der Waals surface area contributed by atoms with E-state index in [2.05, 4.69) is 42.9 Å². The van der Waals surface area contributed by atoms with Crippen molar-refractivity contribution in [2.45, 2.75) is 32.6 Å². The molecule has 2 aromatic carbocycles. The molecule has 2 aromatic rings. The summed E-state index contributed by atoms with van der Waals surface area (Å²) in [5.41, 5.74) is 6.58. The van der Waals surface area contributed by atoms with Crippen LogP contribution >= 0.6 is 0 Å². The van der Waals surface area contributed by atoms with Crippen LogP contribution in [-0.4, -0.2) is 40.3 Å². The van der Waals surface area contributed by atoms with Crippen LogP contribution in [0.4, 0.5) is 10.5 Å². The fourth-order valence-electron chi connectivity index (χ4n) is 3.65. The molecule has 182 valence electrons. The van der Waals surface area contributed by atoms with Crippen LogP contribution in [-0.2, 0) is 20.2 Å². The second-order valence-corrected chi connectivity index (χ2v) is 10.9. The Labute approximate surface area is 200 Å². The van der Waals surface area contributed by atoms with Crippen molar-refractivity contribution in [2.75, 3.05) is 24.8 Å². The second kappa shape index (κ2) is 9.47. The molecule has 0 bridgehead atoms. The minimum Gasteiger partial charge on any atom is -0.496 e. The number of hydrogen-bond donors (Lipinski definition) is 3. The van der Waals surface area contributed by atoms with E-state index in [4.69, 9.17) is 4.74 Å². The normalized spacial score (nSPS) is 14.6. The van der Waals surface area contributed by atoms with Crippen LogP contribution in [0, 0.1) is 0 Å². The number of nitrogens with zero attached hydrogens (tertiary/aromatic N) is 1. The number of hydrogen-bond acceptors (Lipinski definition) is 6. The molecule has 0 aromatic heterocycles. The van der Waals surface area contributed by atoms with Gasteiger partial charge in [0.1, 0.15) is 5.75 Å². The lowest BCUT2D eigenvalue weighted by molar-refractivity contribution is -0.120. The van der Waals surface area contributed by atoms with Gasteiger partial charge in [0.15, 0.2) is 0 Å². The summed E-state index contributed by atoms with van der Waals surface area (Å²) in [4.78, 5) is 27.9. The number of benzene rings is 2. The van der Waals surface area contributed by atoms with Crippen LogP contribution in [0.3, 0.4) is 0 Å². The van der Waals surface area contributed by atoms with Crippen molar-refractivity contribution in [3.05, 3.63) is 54.1 Å². The Bertz CT molecular complexity index is 1230. The molecule has 0 unspecified atom stereocenters. The number of nitrogens with one attached hydrogen (secondary N) is 3. The lowest BCUT2D eigenvalue weighted by Gasteiger charge is -2.31. The van der Waals surface area contributed by atoms with Gasteiger partial charge in [0.05, 0.1) is 13.4 Å². The van der Waals surface area contributed by atoms with E-state index in [1.54, 1.807) is 12.0 Å². The van der Waals surface area contributed by atoms with Gasteiger partial charge in [-0.3, -0.25) is 15.0 Å². The van der Waals surface area contributed by atoms with Gasteiger partial charge < -0.3 is 10.2 Å². The Morgan fingerprint density at radius 2 is 1.79 bits per heavy atom.